The average molecular weight is 174 g/mol. The number of carbonyl (C=O) groups is 1. The Kier molecular flexibility index (Phi) is 2.13. The second kappa shape index (κ2) is 2.91. The number of rotatable bonds is 1. The van der Waals surface area contributed by atoms with Gasteiger partial charge in [-0.15, -0.1) is 0 Å². The Hall–Kier alpha value is -1.04. The van der Waals surface area contributed by atoms with Crippen LogP contribution in [0.1, 0.15) is 0 Å². The van der Waals surface area contributed by atoms with Gasteiger partial charge in [0, 0.05) is 7.05 Å². The van der Waals surface area contributed by atoms with Crippen LogP contribution in [0.25, 0.3) is 0 Å². The molecule has 60 valence electrons. The van der Waals surface area contributed by atoms with Gasteiger partial charge in [-0.1, -0.05) is 11.8 Å². The lowest BCUT2D eigenvalue weighted by atomic mass is 10.6. The van der Waals surface area contributed by atoms with Crippen molar-refractivity contribution in [3.05, 3.63) is 21.3 Å². The lowest BCUT2D eigenvalue weighted by Crippen LogP contribution is -2.19. The van der Waals surface area contributed by atoms with Crippen LogP contribution in [0.2, 0.25) is 0 Å². The van der Waals surface area contributed by atoms with Gasteiger partial charge in [0.05, 0.1) is 10.7 Å². The van der Waals surface area contributed by atoms with E-state index in [4.69, 9.17) is 0 Å². The zero-order chi connectivity index (χ0) is 8.43. The summed E-state index contributed by atoms with van der Waals surface area (Å²) in [4.78, 5) is 21.5. The zero-order valence-corrected chi connectivity index (χ0v) is 6.63. The normalized spacial score (nSPS) is 21.4. The van der Waals surface area contributed by atoms with E-state index in [1.807, 2.05) is 0 Å². The molecular formula is C5H6N2O3S. The van der Waals surface area contributed by atoms with E-state index in [2.05, 4.69) is 0 Å². The molecule has 1 saturated heterocycles. The summed E-state index contributed by atoms with van der Waals surface area (Å²) in [6.07, 6.45) is 0.843. The summed E-state index contributed by atoms with van der Waals surface area (Å²) in [5.41, 5.74) is 0. The first-order valence-electron chi connectivity index (χ1n) is 2.86. The van der Waals surface area contributed by atoms with Gasteiger partial charge in [-0.25, -0.2) is 0 Å². The van der Waals surface area contributed by atoms with Crippen LogP contribution in [0.3, 0.4) is 0 Å². The summed E-state index contributed by atoms with van der Waals surface area (Å²) < 4.78 is 0. The third-order valence-electron chi connectivity index (χ3n) is 1.26. The minimum atomic E-state index is -0.558. The first-order valence-corrected chi connectivity index (χ1v) is 3.84. The summed E-state index contributed by atoms with van der Waals surface area (Å²) >= 11 is 1.18. The largest absolute Gasteiger partial charge is 0.304 e. The van der Waals surface area contributed by atoms with E-state index >= 15 is 0 Å². The van der Waals surface area contributed by atoms with Crippen molar-refractivity contribution >= 4 is 17.7 Å². The highest BCUT2D eigenvalue weighted by Gasteiger charge is 2.24. The molecular weight excluding hydrogens is 168 g/mol. The molecule has 1 heterocycles. The van der Waals surface area contributed by atoms with Gasteiger partial charge >= 0.3 is 0 Å². The second-order valence-corrected chi connectivity index (χ2v) is 2.99. The fraction of sp³-hybridized carbons (Fsp3) is 0.400. The topological polar surface area (TPSA) is 63.5 Å². The zero-order valence-electron chi connectivity index (χ0n) is 5.81. The molecule has 1 amide bonds. The smallest absolute Gasteiger partial charge is 0.264 e. The fourth-order valence-corrected chi connectivity index (χ4v) is 1.59. The summed E-state index contributed by atoms with van der Waals surface area (Å²) in [7, 11) is 1.53. The number of thioether (sulfide) groups is 1. The van der Waals surface area contributed by atoms with E-state index in [0.29, 0.717) is 10.8 Å². The van der Waals surface area contributed by atoms with Crippen LogP contribution in [-0.2, 0) is 4.79 Å². The van der Waals surface area contributed by atoms with Crippen LogP contribution in [0.5, 0.6) is 0 Å². The quantitative estimate of drug-likeness (QED) is 0.422. The van der Waals surface area contributed by atoms with Crippen molar-refractivity contribution in [3.63, 3.8) is 0 Å². The SMILES string of the molecule is CN1C(=O)CSC1=C[N+](=O)[O-]. The molecule has 0 aliphatic carbocycles. The van der Waals surface area contributed by atoms with Crippen LogP contribution >= 0.6 is 11.8 Å². The monoisotopic (exact) mass is 174 g/mol. The molecule has 5 nitrogen and oxygen atoms in total. The Labute approximate surface area is 67.2 Å². The Balaban J connectivity index is 2.76. The van der Waals surface area contributed by atoms with Crippen LogP contribution in [0.15, 0.2) is 11.2 Å². The summed E-state index contributed by atoms with van der Waals surface area (Å²) in [5, 5.41) is 10.4. The van der Waals surface area contributed by atoms with Gasteiger partial charge in [0.2, 0.25) is 5.91 Å². The van der Waals surface area contributed by atoms with Crippen molar-refractivity contribution in [1.82, 2.24) is 4.90 Å². The first kappa shape index (κ1) is 8.06. The molecule has 0 spiro atoms. The highest BCUT2D eigenvalue weighted by molar-refractivity contribution is 8.04. The summed E-state index contributed by atoms with van der Waals surface area (Å²) in [6, 6.07) is 0. The van der Waals surface area contributed by atoms with Gasteiger partial charge in [0.15, 0.2) is 0 Å². The van der Waals surface area contributed by atoms with Crippen molar-refractivity contribution in [2.75, 3.05) is 12.8 Å². The van der Waals surface area contributed by atoms with E-state index in [1.165, 1.54) is 23.7 Å². The van der Waals surface area contributed by atoms with Crippen LogP contribution < -0.4 is 0 Å². The standard InChI is InChI=1S/C5H6N2O3S/c1-6-4(8)3-11-5(6)2-7(9)10/h2H,3H2,1H3. The van der Waals surface area contributed by atoms with Crippen molar-refractivity contribution in [2.45, 2.75) is 0 Å². The van der Waals surface area contributed by atoms with Gasteiger partial charge in [-0.05, 0) is 0 Å². The minimum absolute atomic E-state index is 0.0944. The maximum atomic E-state index is 10.8. The maximum absolute atomic E-state index is 10.8. The lowest BCUT2D eigenvalue weighted by Gasteiger charge is -2.04. The average Bonchev–Trinajstić information content (AvgIpc) is 2.18. The third-order valence-corrected chi connectivity index (χ3v) is 2.33. The van der Waals surface area contributed by atoms with E-state index < -0.39 is 4.92 Å². The second-order valence-electron chi connectivity index (χ2n) is 1.99. The number of hydrogen-bond acceptors (Lipinski definition) is 4. The number of nitrogens with zero attached hydrogens (tertiary/aromatic N) is 2. The van der Waals surface area contributed by atoms with E-state index in [-0.39, 0.29) is 5.91 Å². The molecule has 0 unspecified atom stereocenters. The number of amides is 1. The molecule has 11 heavy (non-hydrogen) atoms. The predicted octanol–water partition coefficient (Wildman–Crippen LogP) is 0.267. The van der Waals surface area contributed by atoms with Gasteiger partial charge in [0.1, 0.15) is 5.03 Å². The van der Waals surface area contributed by atoms with Crippen molar-refractivity contribution < 1.29 is 9.72 Å². The molecule has 1 aliphatic heterocycles. The number of nitro groups is 1. The molecule has 0 saturated carbocycles. The third kappa shape index (κ3) is 1.70. The van der Waals surface area contributed by atoms with Crippen molar-refractivity contribution in [1.29, 1.82) is 0 Å². The molecule has 0 aromatic rings. The molecule has 0 atom stereocenters. The molecule has 1 aliphatic rings. The molecule has 1 rings (SSSR count). The first-order chi connectivity index (χ1) is 5.11. The van der Waals surface area contributed by atoms with E-state index in [1.54, 1.807) is 0 Å². The van der Waals surface area contributed by atoms with Gasteiger partial charge in [0.25, 0.3) is 6.20 Å². The molecule has 0 aromatic carbocycles. The molecule has 0 aromatic heterocycles. The van der Waals surface area contributed by atoms with Gasteiger partial charge < -0.3 is 4.90 Å². The van der Waals surface area contributed by atoms with Gasteiger partial charge in [-0.3, -0.25) is 14.9 Å². The Morgan fingerprint density at radius 3 is 2.82 bits per heavy atom. The van der Waals surface area contributed by atoms with Gasteiger partial charge in [-0.2, -0.15) is 0 Å². The molecule has 6 heteroatoms. The lowest BCUT2D eigenvalue weighted by molar-refractivity contribution is -0.403. The molecule has 0 bridgehead atoms. The Morgan fingerprint density at radius 1 is 1.82 bits per heavy atom. The van der Waals surface area contributed by atoms with Crippen molar-refractivity contribution in [2.24, 2.45) is 0 Å². The highest BCUT2D eigenvalue weighted by atomic mass is 32.2. The summed E-state index contributed by atoms with van der Waals surface area (Å²) in [6.45, 7) is 0. The molecule has 0 N–H and O–H groups in total. The number of hydrogen-bond donors (Lipinski definition) is 0. The van der Waals surface area contributed by atoms with Crippen LogP contribution in [-0.4, -0.2) is 28.5 Å². The highest BCUT2D eigenvalue weighted by Crippen LogP contribution is 2.26. The summed E-state index contributed by atoms with van der Waals surface area (Å²) in [5.74, 6) is 0.207. The number of carbonyl (C=O) groups excluding carboxylic acids is 1. The maximum Gasteiger partial charge on any atom is 0.264 e. The molecule has 0 radical (unpaired) electrons. The Morgan fingerprint density at radius 2 is 2.45 bits per heavy atom. The fourth-order valence-electron chi connectivity index (χ4n) is 0.666. The Bertz CT molecular complexity index is 238. The van der Waals surface area contributed by atoms with E-state index in [9.17, 15) is 14.9 Å². The van der Waals surface area contributed by atoms with Crippen LogP contribution in [0.4, 0.5) is 0 Å². The minimum Gasteiger partial charge on any atom is -0.304 e. The van der Waals surface area contributed by atoms with Crippen molar-refractivity contribution in [3.8, 4) is 0 Å². The van der Waals surface area contributed by atoms with E-state index in [0.717, 1.165) is 6.20 Å². The van der Waals surface area contributed by atoms with Crippen LogP contribution in [0, 0.1) is 10.1 Å². The predicted molar refractivity (Wildman–Crippen MR) is 40.3 cm³/mol. The molecule has 1 fully saturated rings.